The van der Waals surface area contributed by atoms with Crippen molar-refractivity contribution >= 4 is 0 Å². The molecule has 0 heterocycles. The van der Waals surface area contributed by atoms with Gasteiger partial charge in [0.05, 0.1) is 0 Å². The van der Waals surface area contributed by atoms with Gasteiger partial charge >= 0.3 is 0 Å². The Kier molecular flexibility index (Phi) is 2.34. The van der Waals surface area contributed by atoms with Gasteiger partial charge in [0.15, 0.2) is 0 Å². The minimum absolute atomic E-state index is 0.427. The Morgan fingerprint density at radius 3 is 2.70 bits per heavy atom. The fraction of sp³-hybridized carbons (Fsp3) is 0.778. The van der Waals surface area contributed by atoms with Crippen LogP contribution in [-0.4, -0.2) is 12.1 Å². The van der Waals surface area contributed by atoms with E-state index in [4.69, 9.17) is 6.42 Å². The van der Waals surface area contributed by atoms with Crippen molar-refractivity contribution in [1.29, 1.82) is 0 Å². The fourth-order valence-corrected chi connectivity index (χ4v) is 1.32. The molecule has 0 aromatic heterocycles. The van der Waals surface area contributed by atoms with E-state index in [-0.39, 0.29) is 0 Å². The lowest BCUT2D eigenvalue weighted by Gasteiger charge is -2.39. The van der Waals surface area contributed by atoms with E-state index in [1.807, 2.05) is 0 Å². The van der Waals surface area contributed by atoms with Gasteiger partial charge in [-0.15, -0.1) is 12.3 Å². The lowest BCUT2D eigenvalue weighted by atomic mass is 9.78. The van der Waals surface area contributed by atoms with E-state index in [0.717, 1.165) is 13.0 Å². The molecule has 0 amide bonds. The summed E-state index contributed by atoms with van der Waals surface area (Å²) in [5.74, 6) is 2.63. The number of terminal acetylenes is 1. The zero-order chi connectivity index (χ0) is 7.45. The highest BCUT2D eigenvalue weighted by Crippen LogP contribution is 2.30. The van der Waals surface area contributed by atoms with Crippen molar-refractivity contribution in [2.75, 3.05) is 6.54 Å². The summed E-state index contributed by atoms with van der Waals surface area (Å²) in [6.07, 6.45) is 9.99. The largest absolute Gasteiger partial charge is 0.311 e. The molecule has 0 atom stereocenters. The SMILES string of the molecule is C#CCCNC1(C)CCC1. The highest BCUT2D eigenvalue weighted by atomic mass is 15.0. The number of rotatable bonds is 3. The Morgan fingerprint density at radius 1 is 1.60 bits per heavy atom. The minimum atomic E-state index is 0.427. The van der Waals surface area contributed by atoms with Crippen molar-refractivity contribution < 1.29 is 0 Å². The Morgan fingerprint density at radius 2 is 2.30 bits per heavy atom. The summed E-state index contributed by atoms with van der Waals surface area (Å²) < 4.78 is 0. The van der Waals surface area contributed by atoms with Crippen LogP contribution in [0.4, 0.5) is 0 Å². The molecular formula is C9H15N. The van der Waals surface area contributed by atoms with Crippen LogP contribution >= 0.6 is 0 Å². The summed E-state index contributed by atoms with van der Waals surface area (Å²) in [5.41, 5.74) is 0.427. The quantitative estimate of drug-likeness (QED) is 0.459. The van der Waals surface area contributed by atoms with Crippen molar-refractivity contribution in [2.45, 2.75) is 38.1 Å². The maximum Gasteiger partial charge on any atom is 0.0212 e. The Hall–Kier alpha value is -0.480. The third kappa shape index (κ3) is 1.75. The van der Waals surface area contributed by atoms with Gasteiger partial charge in [0.25, 0.3) is 0 Å². The van der Waals surface area contributed by atoms with Crippen LogP contribution < -0.4 is 5.32 Å². The molecule has 0 aromatic carbocycles. The van der Waals surface area contributed by atoms with Gasteiger partial charge in [-0.2, -0.15) is 0 Å². The molecule has 1 aliphatic carbocycles. The summed E-state index contributed by atoms with van der Waals surface area (Å²) in [6.45, 7) is 3.25. The molecule has 1 N–H and O–H groups in total. The smallest absolute Gasteiger partial charge is 0.0212 e. The molecule has 0 aliphatic heterocycles. The molecule has 0 bridgehead atoms. The maximum atomic E-state index is 5.13. The molecule has 1 saturated carbocycles. The summed E-state index contributed by atoms with van der Waals surface area (Å²) in [5, 5.41) is 3.45. The van der Waals surface area contributed by atoms with Crippen molar-refractivity contribution in [3.63, 3.8) is 0 Å². The van der Waals surface area contributed by atoms with Crippen LogP contribution in [0.3, 0.4) is 0 Å². The highest BCUT2D eigenvalue weighted by molar-refractivity contribution is 4.93. The molecule has 0 unspecified atom stereocenters. The molecule has 0 radical (unpaired) electrons. The van der Waals surface area contributed by atoms with Crippen LogP contribution in [0.5, 0.6) is 0 Å². The Labute approximate surface area is 63.2 Å². The number of hydrogen-bond donors (Lipinski definition) is 1. The average molecular weight is 137 g/mol. The van der Waals surface area contributed by atoms with Gasteiger partial charge in [-0.3, -0.25) is 0 Å². The molecule has 1 rings (SSSR count). The topological polar surface area (TPSA) is 12.0 Å². The van der Waals surface area contributed by atoms with Crippen molar-refractivity contribution in [3.8, 4) is 12.3 Å². The lowest BCUT2D eigenvalue weighted by molar-refractivity contribution is 0.211. The van der Waals surface area contributed by atoms with Crippen molar-refractivity contribution in [2.24, 2.45) is 0 Å². The molecular weight excluding hydrogens is 122 g/mol. The maximum absolute atomic E-state index is 5.13. The van der Waals surface area contributed by atoms with Crippen molar-refractivity contribution in [3.05, 3.63) is 0 Å². The van der Waals surface area contributed by atoms with Gasteiger partial charge < -0.3 is 5.32 Å². The summed E-state index contributed by atoms with van der Waals surface area (Å²) in [6, 6.07) is 0. The van der Waals surface area contributed by atoms with Crippen LogP contribution in [0.25, 0.3) is 0 Å². The van der Waals surface area contributed by atoms with Gasteiger partial charge in [-0.25, -0.2) is 0 Å². The van der Waals surface area contributed by atoms with Gasteiger partial charge in [-0.1, -0.05) is 0 Å². The first-order valence-corrected chi connectivity index (χ1v) is 3.95. The second kappa shape index (κ2) is 3.07. The first kappa shape index (κ1) is 7.63. The van der Waals surface area contributed by atoms with Gasteiger partial charge in [-0.05, 0) is 26.2 Å². The highest BCUT2D eigenvalue weighted by Gasteiger charge is 2.30. The average Bonchev–Trinajstić information content (AvgIpc) is 1.85. The van der Waals surface area contributed by atoms with Crippen molar-refractivity contribution in [1.82, 2.24) is 5.32 Å². The molecule has 0 saturated heterocycles. The first-order valence-electron chi connectivity index (χ1n) is 3.95. The third-order valence-electron chi connectivity index (χ3n) is 2.28. The predicted octanol–water partition coefficient (Wildman–Crippen LogP) is 1.54. The molecule has 1 fully saturated rings. The molecule has 0 aromatic rings. The van der Waals surface area contributed by atoms with Crippen LogP contribution in [-0.2, 0) is 0 Å². The van der Waals surface area contributed by atoms with Crippen LogP contribution in [0.1, 0.15) is 32.6 Å². The molecule has 0 spiro atoms. The van der Waals surface area contributed by atoms with E-state index in [9.17, 15) is 0 Å². The standard InChI is InChI=1S/C9H15N/c1-3-4-8-10-9(2)6-5-7-9/h1,10H,4-8H2,2H3. The van der Waals surface area contributed by atoms with E-state index in [0.29, 0.717) is 5.54 Å². The lowest BCUT2D eigenvalue weighted by Crippen LogP contribution is -2.48. The second-order valence-electron chi connectivity index (χ2n) is 3.30. The van der Waals surface area contributed by atoms with E-state index in [1.165, 1.54) is 19.3 Å². The Bertz CT molecular complexity index is 139. The van der Waals surface area contributed by atoms with Crippen LogP contribution in [0, 0.1) is 12.3 Å². The fourth-order valence-electron chi connectivity index (χ4n) is 1.32. The molecule has 1 aliphatic rings. The predicted molar refractivity (Wildman–Crippen MR) is 43.7 cm³/mol. The summed E-state index contributed by atoms with van der Waals surface area (Å²) in [4.78, 5) is 0. The molecule has 10 heavy (non-hydrogen) atoms. The second-order valence-corrected chi connectivity index (χ2v) is 3.30. The third-order valence-corrected chi connectivity index (χ3v) is 2.28. The van der Waals surface area contributed by atoms with Gasteiger partial charge in [0.1, 0.15) is 0 Å². The zero-order valence-electron chi connectivity index (χ0n) is 6.61. The Balaban J connectivity index is 2.07. The minimum Gasteiger partial charge on any atom is -0.311 e. The normalized spacial score (nSPS) is 21.2. The number of hydrogen-bond acceptors (Lipinski definition) is 1. The van der Waals surface area contributed by atoms with E-state index < -0.39 is 0 Å². The van der Waals surface area contributed by atoms with Gasteiger partial charge in [0.2, 0.25) is 0 Å². The monoisotopic (exact) mass is 137 g/mol. The van der Waals surface area contributed by atoms with Crippen LogP contribution in [0.15, 0.2) is 0 Å². The molecule has 1 heteroatoms. The van der Waals surface area contributed by atoms with Gasteiger partial charge in [0, 0.05) is 18.5 Å². The molecule has 56 valence electrons. The van der Waals surface area contributed by atoms with E-state index in [2.05, 4.69) is 18.2 Å². The van der Waals surface area contributed by atoms with E-state index >= 15 is 0 Å². The molecule has 1 nitrogen and oxygen atoms in total. The van der Waals surface area contributed by atoms with E-state index in [1.54, 1.807) is 0 Å². The first-order chi connectivity index (χ1) is 4.77. The zero-order valence-corrected chi connectivity index (χ0v) is 6.61. The number of nitrogens with one attached hydrogen (secondary N) is 1. The summed E-state index contributed by atoms with van der Waals surface area (Å²) >= 11 is 0. The summed E-state index contributed by atoms with van der Waals surface area (Å²) in [7, 11) is 0. The van der Waals surface area contributed by atoms with Crippen LogP contribution in [0.2, 0.25) is 0 Å².